The molecule has 0 aliphatic carbocycles. The number of anilines is 1. The van der Waals surface area contributed by atoms with Gasteiger partial charge in [0.2, 0.25) is 15.9 Å². The highest BCUT2D eigenvalue weighted by atomic mass is 32.2. The minimum atomic E-state index is -3.17. The van der Waals surface area contributed by atoms with Crippen LogP contribution in [0.2, 0.25) is 0 Å². The average Bonchev–Trinajstić information content (AvgIpc) is 3.16. The third-order valence-corrected chi connectivity index (χ3v) is 7.83. The van der Waals surface area contributed by atoms with Crippen molar-refractivity contribution in [3.05, 3.63) is 35.2 Å². The summed E-state index contributed by atoms with van der Waals surface area (Å²) in [6, 6.07) is 8.32. The molecule has 152 valence electrons. The molecule has 2 aromatic rings. The predicted octanol–water partition coefficient (Wildman–Crippen LogP) is 3.93. The lowest BCUT2D eigenvalue weighted by molar-refractivity contribution is -0.120. The smallest absolute Gasteiger partial charge is 0.229 e. The van der Waals surface area contributed by atoms with Crippen LogP contribution in [0, 0.1) is 5.92 Å². The zero-order valence-electron chi connectivity index (χ0n) is 16.5. The molecule has 28 heavy (non-hydrogen) atoms. The molecular formula is C20H27N3O3S2. The van der Waals surface area contributed by atoms with E-state index in [1.165, 1.54) is 21.2 Å². The second kappa shape index (κ2) is 8.71. The van der Waals surface area contributed by atoms with E-state index in [1.54, 1.807) is 6.92 Å². The highest BCUT2D eigenvalue weighted by Crippen LogP contribution is 2.28. The molecule has 0 atom stereocenters. The van der Waals surface area contributed by atoms with Gasteiger partial charge < -0.3 is 5.32 Å². The van der Waals surface area contributed by atoms with Gasteiger partial charge in [0.1, 0.15) is 0 Å². The van der Waals surface area contributed by atoms with Crippen molar-refractivity contribution < 1.29 is 13.2 Å². The number of thiazole rings is 1. The van der Waals surface area contributed by atoms with Gasteiger partial charge in [-0.2, -0.15) is 0 Å². The van der Waals surface area contributed by atoms with Crippen LogP contribution in [0.15, 0.2) is 29.6 Å². The van der Waals surface area contributed by atoms with Crippen molar-refractivity contribution in [3.63, 3.8) is 0 Å². The Morgan fingerprint density at radius 1 is 1.25 bits per heavy atom. The fourth-order valence-electron chi connectivity index (χ4n) is 3.29. The summed E-state index contributed by atoms with van der Waals surface area (Å²) in [5, 5.41) is 5.42. The standard InChI is InChI=1S/C20H27N3O3S2/c1-4-28(25,26)23-11-9-17(10-12-23)19(24)22-20-21-18(13-27-20)16-7-5-15(6-8-16)14(2)3/h5-8,13-14,17H,4,9-12H2,1-3H3,(H,21,22,24). The Bertz CT molecular complexity index is 912. The van der Waals surface area contributed by atoms with Gasteiger partial charge in [0.25, 0.3) is 0 Å². The Kier molecular flexibility index (Phi) is 6.52. The predicted molar refractivity (Wildman–Crippen MR) is 114 cm³/mol. The number of rotatable bonds is 6. The fourth-order valence-corrected chi connectivity index (χ4v) is 5.14. The first kappa shape index (κ1) is 21.0. The number of carbonyl (C=O) groups excluding carboxylic acids is 1. The number of carbonyl (C=O) groups is 1. The van der Waals surface area contributed by atoms with Crippen LogP contribution in [0.5, 0.6) is 0 Å². The number of nitrogens with zero attached hydrogens (tertiary/aromatic N) is 2. The monoisotopic (exact) mass is 421 g/mol. The first-order chi connectivity index (χ1) is 13.3. The van der Waals surface area contributed by atoms with Gasteiger partial charge in [-0.05, 0) is 31.2 Å². The fraction of sp³-hybridized carbons (Fsp3) is 0.500. The van der Waals surface area contributed by atoms with E-state index in [1.807, 2.05) is 5.38 Å². The van der Waals surface area contributed by atoms with Gasteiger partial charge >= 0.3 is 0 Å². The van der Waals surface area contributed by atoms with Crippen LogP contribution in [-0.2, 0) is 14.8 Å². The van der Waals surface area contributed by atoms with Gasteiger partial charge in [0.15, 0.2) is 5.13 Å². The van der Waals surface area contributed by atoms with Crippen molar-refractivity contribution in [1.82, 2.24) is 9.29 Å². The number of sulfonamides is 1. The number of hydrogen-bond acceptors (Lipinski definition) is 5. The summed E-state index contributed by atoms with van der Waals surface area (Å²) < 4.78 is 25.4. The first-order valence-corrected chi connectivity index (χ1v) is 12.1. The third kappa shape index (κ3) is 4.79. The summed E-state index contributed by atoms with van der Waals surface area (Å²) in [5.41, 5.74) is 3.16. The van der Waals surface area contributed by atoms with Crippen LogP contribution in [0.4, 0.5) is 5.13 Å². The molecule has 3 rings (SSSR count). The van der Waals surface area contributed by atoms with Crippen LogP contribution < -0.4 is 5.32 Å². The maximum absolute atomic E-state index is 12.5. The molecule has 0 saturated carbocycles. The molecule has 1 aliphatic heterocycles. The van der Waals surface area contributed by atoms with Crippen LogP contribution in [-0.4, -0.2) is 42.5 Å². The highest BCUT2D eigenvalue weighted by molar-refractivity contribution is 7.89. The summed E-state index contributed by atoms with van der Waals surface area (Å²) in [6.07, 6.45) is 1.08. The highest BCUT2D eigenvalue weighted by Gasteiger charge is 2.30. The van der Waals surface area contributed by atoms with E-state index >= 15 is 0 Å². The topological polar surface area (TPSA) is 79.4 Å². The van der Waals surface area contributed by atoms with Gasteiger partial charge in [-0.1, -0.05) is 38.1 Å². The number of amides is 1. The second-order valence-corrected chi connectivity index (χ2v) is 10.5. The SMILES string of the molecule is CCS(=O)(=O)N1CCC(C(=O)Nc2nc(-c3ccc(C(C)C)cc3)cs2)CC1. The van der Waals surface area contributed by atoms with Gasteiger partial charge in [-0.3, -0.25) is 4.79 Å². The summed E-state index contributed by atoms with van der Waals surface area (Å²) >= 11 is 1.41. The summed E-state index contributed by atoms with van der Waals surface area (Å²) in [4.78, 5) is 17.1. The van der Waals surface area contributed by atoms with E-state index in [0.29, 0.717) is 37.0 Å². The lowest BCUT2D eigenvalue weighted by Crippen LogP contribution is -2.42. The second-order valence-electron chi connectivity index (χ2n) is 7.38. The minimum absolute atomic E-state index is 0.0791. The lowest BCUT2D eigenvalue weighted by Gasteiger charge is -2.30. The van der Waals surface area contributed by atoms with E-state index < -0.39 is 10.0 Å². The van der Waals surface area contributed by atoms with E-state index in [0.717, 1.165) is 11.3 Å². The van der Waals surface area contributed by atoms with Gasteiger partial charge in [0.05, 0.1) is 11.4 Å². The molecule has 0 radical (unpaired) electrons. The normalized spacial score (nSPS) is 16.4. The maximum atomic E-state index is 12.5. The first-order valence-electron chi connectivity index (χ1n) is 9.64. The number of hydrogen-bond donors (Lipinski definition) is 1. The molecule has 1 amide bonds. The van der Waals surface area contributed by atoms with Gasteiger partial charge in [-0.25, -0.2) is 17.7 Å². The van der Waals surface area contributed by atoms with Crippen LogP contribution >= 0.6 is 11.3 Å². The summed E-state index contributed by atoms with van der Waals surface area (Å²) in [7, 11) is -3.17. The number of nitrogens with one attached hydrogen (secondary N) is 1. The van der Waals surface area contributed by atoms with E-state index in [-0.39, 0.29) is 17.6 Å². The molecule has 8 heteroatoms. The molecule has 6 nitrogen and oxygen atoms in total. The molecule has 2 heterocycles. The van der Waals surface area contributed by atoms with Crippen molar-refractivity contribution in [2.24, 2.45) is 5.92 Å². The molecule has 1 N–H and O–H groups in total. The van der Waals surface area contributed by atoms with Crippen LogP contribution in [0.25, 0.3) is 11.3 Å². The Hall–Kier alpha value is -1.77. The maximum Gasteiger partial charge on any atom is 0.229 e. The average molecular weight is 422 g/mol. The number of benzene rings is 1. The minimum Gasteiger partial charge on any atom is -0.302 e. The largest absolute Gasteiger partial charge is 0.302 e. The molecular weight excluding hydrogens is 394 g/mol. The molecule has 1 saturated heterocycles. The Labute approximate surface area is 171 Å². The van der Waals surface area contributed by atoms with E-state index in [2.05, 4.69) is 48.4 Å². The van der Waals surface area contributed by atoms with E-state index in [9.17, 15) is 13.2 Å². The van der Waals surface area contributed by atoms with Crippen molar-refractivity contribution in [2.45, 2.75) is 39.5 Å². The molecule has 1 aromatic carbocycles. The Morgan fingerprint density at radius 3 is 2.46 bits per heavy atom. The van der Waals surface area contributed by atoms with Crippen LogP contribution in [0.1, 0.15) is 45.1 Å². The Balaban J connectivity index is 1.59. The third-order valence-electron chi connectivity index (χ3n) is 5.19. The Morgan fingerprint density at radius 2 is 1.89 bits per heavy atom. The molecule has 1 aliphatic rings. The molecule has 0 spiro atoms. The van der Waals surface area contributed by atoms with Gasteiger partial charge in [-0.15, -0.1) is 11.3 Å². The van der Waals surface area contributed by atoms with E-state index in [4.69, 9.17) is 0 Å². The molecule has 0 unspecified atom stereocenters. The zero-order valence-corrected chi connectivity index (χ0v) is 18.1. The molecule has 0 bridgehead atoms. The summed E-state index contributed by atoms with van der Waals surface area (Å²) in [6.45, 7) is 6.77. The molecule has 1 fully saturated rings. The summed E-state index contributed by atoms with van der Waals surface area (Å²) in [5.74, 6) is 0.327. The van der Waals surface area contributed by atoms with Crippen molar-refractivity contribution in [2.75, 3.05) is 24.2 Å². The quantitative estimate of drug-likeness (QED) is 0.766. The van der Waals surface area contributed by atoms with Crippen LogP contribution in [0.3, 0.4) is 0 Å². The number of piperidine rings is 1. The van der Waals surface area contributed by atoms with Crippen molar-refractivity contribution >= 4 is 32.4 Å². The molecule has 1 aromatic heterocycles. The van der Waals surface area contributed by atoms with Crippen molar-refractivity contribution in [3.8, 4) is 11.3 Å². The zero-order chi connectivity index (χ0) is 20.3. The number of aromatic nitrogens is 1. The lowest BCUT2D eigenvalue weighted by atomic mass is 9.97. The van der Waals surface area contributed by atoms with Gasteiger partial charge in [0, 0.05) is 30.0 Å². The van der Waals surface area contributed by atoms with Crippen molar-refractivity contribution in [1.29, 1.82) is 0 Å².